The fourth-order valence-corrected chi connectivity index (χ4v) is 9.79. The van der Waals surface area contributed by atoms with Crippen LogP contribution in [-0.2, 0) is 27.8 Å². The van der Waals surface area contributed by atoms with E-state index in [1.807, 2.05) is 36.1 Å². The molecular weight excluding hydrogens is 710 g/mol. The number of amides is 1. The number of hydrogen-bond acceptors (Lipinski definition) is 8. The van der Waals surface area contributed by atoms with Crippen molar-refractivity contribution in [3.8, 4) is 5.75 Å². The van der Waals surface area contributed by atoms with Gasteiger partial charge >= 0.3 is 0 Å². The first-order valence-electron chi connectivity index (χ1n) is 18.7. The Labute approximate surface area is 312 Å². The maximum absolute atomic E-state index is 13.6. The van der Waals surface area contributed by atoms with Gasteiger partial charge in [-0.1, -0.05) is 36.7 Å². The fraction of sp³-hybridized carbons (Fsp3) is 0.615. The van der Waals surface area contributed by atoms with E-state index in [-0.39, 0.29) is 29.9 Å². The summed E-state index contributed by atoms with van der Waals surface area (Å²) in [5.74, 6) is 0.111. The first kappa shape index (κ1) is 38.9. The lowest BCUT2D eigenvalue weighted by molar-refractivity contribution is -0.0962. The Morgan fingerprint density at radius 1 is 1.02 bits per heavy atom. The van der Waals surface area contributed by atoms with Crippen LogP contribution in [0.5, 0.6) is 5.75 Å². The van der Waals surface area contributed by atoms with E-state index in [4.69, 9.17) is 21.1 Å². The topological polar surface area (TPSA) is 91.4 Å². The van der Waals surface area contributed by atoms with Crippen LogP contribution in [-0.4, -0.2) is 101 Å². The van der Waals surface area contributed by atoms with Gasteiger partial charge in [0.25, 0.3) is 12.3 Å². The summed E-state index contributed by atoms with van der Waals surface area (Å²) in [6, 6.07) is 11.1. The largest absolute Gasteiger partial charge is 0.487 e. The van der Waals surface area contributed by atoms with Crippen LogP contribution in [0.2, 0.25) is 5.02 Å². The molecule has 0 spiro atoms. The standard InChI is InChI=1S/C39H53ClF2N4O5S/c1-27-7-6-15-39(50-3,26-45-19-17-44(18-20-45)24-37(41)42)34-13-10-31(34)23-46-16-5-4-8-29-21-33(40)12-9-32(29)25-51-36-14-11-30(22-35(36)46)38(47)43-52(48,49)28(27)2/h6,9,11-12,14-15,21-22,27-28,31,34,37H,4-5,7-8,10,13,16-20,23-26H2,1-3H3,(H,43,47)/b15-6+/t27-,28+,31-,34+,39+/m0/s1. The van der Waals surface area contributed by atoms with Crippen molar-refractivity contribution in [3.63, 3.8) is 0 Å². The fourth-order valence-electron chi connectivity index (χ4n) is 8.31. The maximum Gasteiger partial charge on any atom is 0.264 e. The van der Waals surface area contributed by atoms with Gasteiger partial charge in [0.05, 0.1) is 17.5 Å². The highest BCUT2D eigenvalue weighted by molar-refractivity contribution is 7.90. The Balaban J connectivity index is 1.36. The maximum atomic E-state index is 13.6. The highest BCUT2D eigenvalue weighted by atomic mass is 35.5. The number of fused-ring (bicyclic) bond motifs is 3. The van der Waals surface area contributed by atoms with Crippen LogP contribution in [0, 0.1) is 17.8 Å². The van der Waals surface area contributed by atoms with Gasteiger partial charge in [-0.05, 0) is 105 Å². The molecule has 2 aromatic rings. The Bertz CT molecular complexity index is 1710. The number of benzene rings is 2. The molecule has 0 aromatic heterocycles. The van der Waals surface area contributed by atoms with E-state index in [1.54, 1.807) is 32.2 Å². The van der Waals surface area contributed by atoms with Gasteiger partial charge in [0.2, 0.25) is 10.0 Å². The summed E-state index contributed by atoms with van der Waals surface area (Å²) in [6.45, 7) is 8.16. The van der Waals surface area contributed by atoms with Crippen molar-refractivity contribution in [2.75, 3.05) is 64.4 Å². The number of sulfonamides is 1. The van der Waals surface area contributed by atoms with Gasteiger partial charge in [-0.25, -0.2) is 21.9 Å². The van der Waals surface area contributed by atoms with E-state index in [9.17, 15) is 22.0 Å². The lowest BCUT2D eigenvalue weighted by Gasteiger charge is -2.52. The zero-order valence-electron chi connectivity index (χ0n) is 30.5. The third kappa shape index (κ3) is 8.94. The molecule has 9 nitrogen and oxygen atoms in total. The van der Waals surface area contributed by atoms with Gasteiger partial charge in [0.1, 0.15) is 18.0 Å². The Morgan fingerprint density at radius 3 is 2.50 bits per heavy atom. The van der Waals surface area contributed by atoms with Gasteiger partial charge < -0.3 is 14.4 Å². The number of rotatable bonds is 5. The van der Waals surface area contributed by atoms with Crippen molar-refractivity contribution in [1.29, 1.82) is 0 Å². The minimum Gasteiger partial charge on any atom is -0.487 e. The summed E-state index contributed by atoms with van der Waals surface area (Å²) in [7, 11) is -2.25. The van der Waals surface area contributed by atoms with Crippen LogP contribution in [0.4, 0.5) is 14.5 Å². The summed E-state index contributed by atoms with van der Waals surface area (Å²) in [6.07, 6.45) is 6.97. The number of anilines is 1. The van der Waals surface area contributed by atoms with Crippen molar-refractivity contribution >= 4 is 33.2 Å². The van der Waals surface area contributed by atoms with Crippen molar-refractivity contribution in [3.05, 3.63) is 70.3 Å². The molecule has 1 saturated heterocycles. The van der Waals surface area contributed by atoms with Crippen LogP contribution >= 0.6 is 11.6 Å². The van der Waals surface area contributed by atoms with E-state index in [2.05, 4.69) is 20.6 Å². The molecule has 52 heavy (non-hydrogen) atoms. The summed E-state index contributed by atoms with van der Waals surface area (Å²) < 4.78 is 68.7. The quantitative estimate of drug-likeness (QED) is 0.351. The van der Waals surface area contributed by atoms with Gasteiger partial charge in [-0.15, -0.1) is 0 Å². The average molecular weight is 763 g/mol. The van der Waals surface area contributed by atoms with Crippen LogP contribution in [0.1, 0.15) is 67.4 Å². The predicted octanol–water partition coefficient (Wildman–Crippen LogP) is 6.40. The molecule has 4 aliphatic rings. The lowest BCUT2D eigenvalue weighted by Crippen LogP contribution is -2.58. The molecule has 6 rings (SSSR count). The van der Waals surface area contributed by atoms with E-state index >= 15 is 0 Å². The number of ether oxygens (including phenoxy) is 2. The molecule has 1 amide bonds. The predicted molar refractivity (Wildman–Crippen MR) is 201 cm³/mol. The minimum absolute atomic E-state index is 0.164. The molecule has 0 radical (unpaired) electrons. The van der Waals surface area contributed by atoms with Crippen LogP contribution in [0.25, 0.3) is 0 Å². The first-order chi connectivity index (χ1) is 24.9. The first-order valence-corrected chi connectivity index (χ1v) is 20.6. The number of methoxy groups -OCH3 is 1. The Hall–Kier alpha value is -2.77. The molecule has 1 aliphatic carbocycles. The number of allylic oxidation sites excluding steroid dienone is 1. The summed E-state index contributed by atoms with van der Waals surface area (Å²) >= 11 is 6.38. The summed E-state index contributed by atoms with van der Waals surface area (Å²) in [5, 5.41) is -0.144. The highest BCUT2D eigenvalue weighted by Gasteiger charge is 2.48. The molecule has 3 aliphatic heterocycles. The number of carbonyl (C=O) groups is 1. The van der Waals surface area contributed by atoms with Gasteiger partial charge in [-0.2, -0.15) is 0 Å². The van der Waals surface area contributed by atoms with Crippen LogP contribution < -0.4 is 14.4 Å². The molecule has 286 valence electrons. The zero-order chi connectivity index (χ0) is 37.0. The summed E-state index contributed by atoms with van der Waals surface area (Å²) in [4.78, 5) is 20.0. The highest BCUT2D eigenvalue weighted by Crippen LogP contribution is 2.47. The Morgan fingerprint density at radius 2 is 1.79 bits per heavy atom. The minimum atomic E-state index is -4.00. The van der Waals surface area contributed by atoms with Gasteiger partial charge in [-0.3, -0.25) is 14.6 Å². The molecule has 5 atom stereocenters. The number of piperazine rings is 1. The second kappa shape index (κ2) is 16.7. The average Bonchev–Trinajstić information content (AvgIpc) is 3.12. The molecule has 1 saturated carbocycles. The monoisotopic (exact) mass is 762 g/mol. The SMILES string of the molecule is CO[C@@]1(CN2CCN(CC(F)F)CC2)/C=C/C[C@H](C)[C@@H](C)S(=O)(=O)NC(=O)c2ccc3c(c2)N(CCCCc2cc(Cl)ccc2CO3)C[C@@H]2CC[C@H]21. The molecular formula is C39H53ClF2N4O5S. The molecule has 13 heteroatoms. The van der Waals surface area contributed by atoms with Crippen molar-refractivity contribution in [1.82, 2.24) is 14.5 Å². The van der Waals surface area contributed by atoms with E-state index in [1.165, 1.54) is 0 Å². The van der Waals surface area contributed by atoms with Gasteiger partial charge in [0, 0.05) is 63.5 Å². The smallest absolute Gasteiger partial charge is 0.264 e. The second-order valence-corrected chi connectivity index (χ2v) is 17.6. The normalized spacial score (nSPS) is 29.8. The van der Waals surface area contributed by atoms with E-state index in [0.29, 0.717) is 63.1 Å². The number of nitrogens with zero attached hydrogens (tertiary/aromatic N) is 3. The molecule has 0 unspecified atom stereocenters. The molecule has 2 fully saturated rings. The number of nitrogens with one attached hydrogen (secondary N) is 1. The zero-order valence-corrected chi connectivity index (χ0v) is 32.1. The number of carbonyl (C=O) groups excluding carboxylic acids is 1. The molecule has 2 aromatic carbocycles. The van der Waals surface area contributed by atoms with Crippen molar-refractivity contribution in [2.24, 2.45) is 17.8 Å². The third-order valence-corrected chi connectivity index (χ3v) is 14.0. The van der Waals surface area contributed by atoms with Crippen molar-refractivity contribution in [2.45, 2.75) is 76.3 Å². The third-order valence-electron chi connectivity index (χ3n) is 11.9. The van der Waals surface area contributed by atoms with Gasteiger partial charge in [0.15, 0.2) is 0 Å². The van der Waals surface area contributed by atoms with Crippen LogP contribution in [0.15, 0.2) is 48.6 Å². The summed E-state index contributed by atoms with van der Waals surface area (Å²) in [5.41, 5.74) is 2.57. The number of aryl methyl sites for hydroxylation is 1. The second-order valence-electron chi connectivity index (χ2n) is 15.2. The molecule has 1 N–H and O–H groups in total. The number of alkyl halides is 2. The lowest BCUT2D eigenvalue weighted by atomic mass is 9.63. The van der Waals surface area contributed by atoms with E-state index in [0.717, 1.165) is 55.5 Å². The molecule has 3 heterocycles. The number of halogens is 3. The van der Waals surface area contributed by atoms with E-state index < -0.39 is 33.2 Å². The van der Waals surface area contributed by atoms with Crippen LogP contribution in [0.3, 0.4) is 0 Å². The number of hydrogen-bond donors (Lipinski definition) is 1. The molecule has 2 bridgehead atoms. The Kier molecular flexibility index (Phi) is 12.5. The van der Waals surface area contributed by atoms with Crippen molar-refractivity contribution < 1.29 is 31.5 Å².